The van der Waals surface area contributed by atoms with Gasteiger partial charge in [0.25, 0.3) is 0 Å². The number of hydrogen-bond donors (Lipinski definition) is 1. The molecule has 0 saturated carbocycles. The number of benzene rings is 2. The highest BCUT2D eigenvalue weighted by Gasteiger charge is 2.35. The van der Waals surface area contributed by atoms with Gasteiger partial charge >= 0.3 is 0 Å². The van der Waals surface area contributed by atoms with Crippen molar-refractivity contribution in [2.75, 3.05) is 25.5 Å². The Morgan fingerprint density at radius 1 is 1.16 bits per heavy atom. The lowest BCUT2D eigenvalue weighted by atomic mass is 9.98. The number of nitrogens with one attached hydrogen (secondary N) is 1. The standard InChI is InChI=1S/C24H32N2O4S/c1-16(2)19-11-12-21(30-5)22(14-19)31(28,29)26-13-7-10-20(15-26)24(27)25-23-17(3)8-6-9-18(23)4/h6,8-9,11-12,14,16,20H,7,10,13,15H2,1-5H3,(H,25,27)/t20-/m0/s1. The minimum atomic E-state index is -3.79. The zero-order chi connectivity index (χ0) is 22.8. The van der Waals surface area contributed by atoms with Gasteiger partial charge in [-0.2, -0.15) is 4.31 Å². The van der Waals surface area contributed by atoms with E-state index in [1.165, 1.54) is 11.4 Å². The number of carbonyl (C=O) groups is 1. The molecule has 0 aromatic heterocycles. The molecule has 1 N–H and O–H groups in total. The zero-order valence-electron chi connectivity index (χ0n) is 18.9. The van der Waals surface area contributed by atoms with Gasteiger partial charge in [0.05, 0.1) is 13.0 Å². The first-order valence-corrected chi connectivity index (χ1v) is 12.1. The van der Waals surface area contributed by atoms with Crippen molar-refractivity contribution in [3.63, 3.8) is 0 Å². The molecule has 6 nitrogen and oxygen atoms in total. The van der Waals surface area contributed by atoms with Gasteiger partial charge in [-0.25, -0.2) is 8.42 Å². The molecule has 1 heterocycles. The van der Waals surface area contributed by atoms with Crippen LogP contribution in [0.25, 0.3) is 0 Å². The summed E-state index contributed by atoms with van der Waals surface area (Å²) in [5, 5.41) is 3.02. The van der Waals surface area contributed by atoms with Gasteiger partial charge < -0.3 is 10.1 Å². The second kappa shape index (κ2) is 9.40. The minimum Gasteiger partial charge on any atom is -0.495 e. The van der Waals surface area contributed by atoms with Gasteiger partial charge in [0.2, 0.25) is 15.9 Å². The normalized spacial score (nSPS) is 17.5. The number of piperidine rings is 1. The third kappa shape index (κ3) is 4.93. The van der Waals surface area contributed by atoms with Gasteiger partial charge in [0, 0.05) is 18.8 Å². The van der Waals surface area contributed by atoms with E-state index >= 15 is 0 Å². The van der Waals surface area contributed by atoms with Crippen LogP contribution < -0.4 is 10.1 Å². The van der Waals surface area contributed by atoms with Gasteiger partial charge in [-0.15, -0.1) is 0 Å². The Morgan fingerprint density at radius 2 is 1.84 bits per heavy atom. The number of hydrogen-bond acceptors (Lipinski definition) is 4. The first-order valence-electron chi connectivity index (χ1n) is 10.7. The van der Waals surface area contributed by atoms with E-state index in [-0.39, 0.29) is 23.3 Å². The SMILES string of the molecule is COc1ccc(C(C)C)cc1S(=O)(=O)N1CCC[C@H](C(=O)Nc2c(C)cccc2C)C1. The van der Waals surface area contributed by atoms with Crippen molar-refractivity contribution < 1.29 is 17.9 Å². The molecule has 2 aromatic carbocycles. The molecule has 2 aromatic rings. The second-order valence-corrected chi connectivity index (χ2v) is 10.4. The van der Waals surface area contributed by atoms with Crippen molar-refractivity contribution in [3.8, 4) is 5.75 Å². The number of amides is 1. The molecule has 1 aliphatic heterocycles. The smallest absolute Gasteiger partial charge is 0.246 e. The molecular formula is C24H32N2O4S. The molecule has 0 unspecified atom stereocenters. The highest BCUT2D eigenvalue weighted by Crippen LogP contribution is 2.33. The summed E-state index contributed by atoms with van der Waals surface area (Å²) in [6.45, 7) is 8.50. The van der Waals surface area contributed by atoms with Crippen LogP contribution in [0, 0.1) is 19.8 Å². The Labute approximate surface area is 185 Å². The third-order valence-electron chi connectivity index (χ3n) is 5.96. The summed E-state index contributed by atoms with van der Waals surface area (Å²) in [7, 11) is -2.32. The van der Waals surface area contributed by atoms with Gasteiger partial charge in [0.15, 0.2) is 0 Å². The largest absolute Gasteiger partial charge is 0.495 e. The highest BCUT2D eigenvalue weighted by molar-refractivity contribution is 7.89. The Kier molecular flexibility index (Phi) is 7.06. The molecule has 1 saturated heterocycles. The molecule has 0 radical (unpaired) electrons. The Morgan fingerprint density at radius 3 is 2.45 bits per heavy atom. The third-order valence-corrected chi connectivity index (χ3v) is 7.84. The molecule has 168 valence electrons. The molecule has 7 heteroatoms. The van der Waals surface area contributed by atoms with E-state index in [1.54, 1.807) is 12.1 Å². The summed E-state index contributed by atoms with van der Waals surface area (Å²) < 4.78 is 33.8. The van der Waals surface area contributed by atoms with E-state index in [4.69, 9.17) is 4.74 Å². The number of sulfonamides is 1. The van der Waals surface area contributed by atoms with E-state index in [2.05, 4.69) is 5.32 Å². The molecule has 0 aliphatic carbocycles. The fourth-order valence-corrected chi connectivity index (χ4v) is 5.72. The number of nitrogens with zero attached hydrogens (tertiary/aromatic N) is 1. The molecule has 0 spiro atoms. The van der Waals surface area contributed by atoms with Crippen molar-refractivity contribution in [1.82, 2.24) is 4.31 Å². The maximum atomic E-state index is 13.5. The van der Waals surface area contributed by atoms with E-state index in [0.29, 0.717) is 25.1 Å². The van der Waals surface area contributed by atoms with Crippen LogP contribution in [0.15, 0.2) is 41.3 Å². The van der Waals surface area contributed by atoms with Crippen molar-refractivity contribution in [2.45, 2.75) is 51.3 Å². The number of ether oxygens (including phenoxy) is 1. The number of anilines is 1. The van der Waals surface area contributed by atoms with Crippen molar-refractivity contribution >= 4 is 21.6 Å². The van der Waals surface area contributed by atoms with Crippen molar-refractivity contribution in [1.29, 1.82) is 0 Å². The number of para-hydroxylation sites is 1. The topological polar surface area (TPSA) is 75.7 Å². The molecular weight excluding hydrogens is 412 g/mol. The molecule has 31 heavy (non-hydrogen) atoms. The van der Waals surface area contributed by atoms with Crippen molar-refractivity contribution in [2.24, 2.45) is 5.92 Å². The number of carbonyl (C=O) groups excluding carboxylic acids is 1. The summed E-state index contributed by atoms with van der Waals surface area (Å²) in [5.41, 5.74) is 3.72. The Balaban J connectivity index is 1.84. The first kappa shape index (κ1) is 23.3. The molecule has 1 fully saturated rings. The quantitative estimate of drug-likeness (QED) is 0.713. The van der Waals surface area contributed by atoms with Gasteiger partial charge in [-0.05, 0) is 61.4 Å². The maximum absolute atomic E-state index is 13.5. The summed E-state index contributed by atoms with van der Waals surface area (Å²) in [4.78, 5) is 13.2. The maximum Gasteiger partial charge on any atom is 0.246 e. The molecule has 1 amide bonds. The summed E-state index contributed by atoms with van der Waals surface area (Å²) in [5.74, 6) is -0.0226. The van der Waals surface area contributed by atoms with E-state index in [9.17, 15) is 13.2 Å². The van der Waals surface area contributed by atoms with Gasteiger partial charge in [-0.1, -0.05) is 38.1 Å². The first-order chi connectivity index (χ1) is 14.6. The number of methoxy groups -OCH3 is 1. The van der Waals surface area contributed by atoms with Crippen LogP contribution in [0.1, 0.15) is 49.3 Å². The molecule has 1 atom stereocenters. The van der Waals surface area contributed by atoms with Crippen LogP contribution >= 0.6 is 0 Å². The van der Waals surface area contributed by atoms with Crippen LogP contribution in [0.3, 0.4) is 0 Å². The number of rotatable bonds is 6. The van der Waals surface area contributed by atoms with Crippen LogP contribution in [-0.2, 0) is 14.8 Å². The molecule has 0 bridgehead atoms. The minimum absolute atomic E-state index is 0.139. The predicted molar refractivity (Wildman–Crippen MR) is 123 cm³/mol. The second-order valence-electron chi connectivity index (χ2n) is 8.52. The van der Waals surface area contributed by atoms with Crippen LogP contribution in [-0.4, -0.2) is 38.8 Å². The van der Waals surface area contributed by atoms with Gasteiger partial charge in [0.1, 0.15) is 10.6 Å². The summed E-state index contributed by atoms with van der Waals surface area (Å²) >= 11 is 0. The molecule has 1 aliphatic rings. The molecule has 3 rings (SSSR count). The fraction of sp³-hybridized carbons (Fsp3) is 0.458. The lowest BCUT2D eigenvalue weighted by Gasteiger charge is -2.32. The van der Waals surface area contributed by atoms with E-state index < -0.39 is 15.9 Å². The van der Waals surface area contributed by atoms with E-state index in [0.717, 1.165) is 22.4 Å². The van der Waals surface area contributed by atoms with Crippen LogP contribution in [0.5, 0.6) is 5.75 Å². The Hall–Kier alpha value is -2.38. The number of aryl methyl sites for hydroxylation is 2. The van der Waals surface area contributed by atoms with Crippen molar-refractivity contribution in [3.05, 3.63) is 53.1 Å². The Bertz CT molecular complexity index is 1040. The lowest BCUT2D eigenvalue weighted by Crippen LogP contribution is -2.43. The average molecular weight is 445 g/mol. The lowest BCUT2D eigenvalue weighted by molar-refractivity contribution is -0.120. The van der Waals surface area contributed by atoms with Gasteiger partial charge in [-0.3, -0.25) is 4.79 Å². The fourth-order valence-electron chi connectivity index (χ4n) is 4.00. The van der Waals surface area contributed by atoms with Crippen LogP contribution in [0.2, 0.25) is 0 Å². The summed E-state index contributed by atoms with van der Waals surface area (Å²) in [6.07, 6.45) is 1.29. The monoisotopic (exact) mass is 444 g/mol. The highest BCUT2D eigenvalue weighted by atomic mass is 32.2. The zero-order valence-corrected chi connectivity index (χ0v) is 19.8. The van der Waals surface area contributed by atoms with E-state index in [1.807, 2.05) is 52.0 Å². The predicted octanol–water partition coefficient (Wildman–Crippen LogP) is 4.47. The average Bonchev–Trinajstić information content (AvgIpc) is 2.75. The van der Waals surface area contributed by atoms with Crippen LogP contribution in [0.4, 0.5) is 5.69 Å². The summed E-state index contributed by atoms with van der Waals surface area (Å²) in [6, 6.07) is 11.1.